The van der Waals surface area contributed by atoms with Crippen LogP contribution in [0.4, 0.5) is 23.4 Å². The Kier molecular flexibility index (Phi) is 3.92. The van der Waals surface area contributed by atoms with Crippen LogP contribution in [-0.2, 0) is 17.4 Å². The van der Waals surface area contributed by atoms with Crippen LogP contribution in [-0.4, -0.2) is 20.3 Å². The molecule has 124 valence electrons. The van der Waals surface area contributed by atoms with E-state index in [9.17, 15) is 22.4 Å². The van der Waals surface area contributed by atoms with Crippen molar-refractivity contribution in [3.8, 4) is 0 Å². The first-order valence-corrected chi connectivity index (χ1v) is 6.77. The van der Waals surface area contributed by atoms with Gasteiger partial charge < -0.3 is 9.72 Å². The maximum Gasteiger partial charge on any atom is 0.417 e. The molecule has 0 aliphatic rings. The molecule has 0 aliphatic carbocycles. The van der Waals surface area contributed by atoms with Crippen LogP contribution in [0.3, 0.4) is 0 Å². The number of anilines is 1. The summed E-state index contributed by atoms with van der Waals surface area (Å²) in [4.78, 5) is 19.6. The van der Waals surface area contributed by atoms with Crippen molar-refractivity contribution in [1.29, 1.82) is 0 Å². The van der Waals surface area contributed by atoms with Crippen molar-refractivity contribution in [1.82, 2.24) is 14.4 Å². The molecule has 3 heterocycles. The summed E-state index contributed by atoms with van der Waals surface area (Å²) in [5.41, 5.74) is -0.0280. The summed E-state index contributed by atoms with van der Waals surface area (Å²) in [6.07, 6.45) is -1.24. The molecule has 3 aromatic rings. The molecule has 0 fully saturated rings. The zero-order valence-corrected chi connectivity index (χ0v) is 12.0. The van der Waals surface area contributed by atoms with Crippen LogP contribution in [0.25, 0.3) is 5.65 Å². The maximum atomic E-state index is 13.1. The summed E-state index contributed by atoms with van der Waals surface area (Å²) in [6, 6.07) is 4.61. The zero-order chi connectivity index (χ0) is 17.3. The first-order valence-electron chi connectivity index (χ1n) is 6.77. The van der Waals surface area contributed by atoms with Gasteiger partial charge in [-0.05, 0) is 24.3 Å². The number of hydrogen-bond acceptors (Lipinski definition) is 3. The molecule has 0 saturated heterocycles. The van der Waals surface area contributed by atoms with Crippen LogP contribution in [0.5, 0.6) is 0 Å². The Labute approximate surface area is 133 Å². The minimum absolute atomic E-state index is 0.00260. The van der Waals surface area contributed by atoms with Gasteiger partial charge in [0.1, 0.15) is 17.3 Å². The maximum absolute atomic E-state index is 13.1. The van der Waals surface area contributed by atoms with E-state index < -0.39 is 23.5 Å². The Bertz CT molecular complexity index is 887. The molecule has 0 saturated carbocycles. The van der Waals surface area contributed by atoms with Crippen LogP contribution in [0.2, 0.25) is 0 Å². The van der Waals surface area contributed by atoms with Gasteiger partial charge in [0, 0.05) is 18.6 Å². The topological polar surface area (TPSA) is 59.3 Å². The number of hydrogen-bond donors (Lipinski definition) is 1. The van der Waals surface area contributed by atoms with E-state index in [0.717, 1.165) is 12.1 Å². The van der Waals surface area contributed by atoms with Crippen LogP contribution in [0.1, 0.15) is 11.3 Å². The van der Waals surface area contributed by atoms with Crippen molar-refractivity contribution < 1.29 is 22.4 Å². The number of rotatable bonds is 3. The third-order valence-electron chi connectivity index (χ3n) is 3.16. The Morgan fingerprint density at radius 2 is 1.96 bits per heavy atom. The summed E-state index contributed by atoms with van der Waals surface area (Å²) in [6.45, 7) is 0. The fourth-order valence-electron chi connectivity index (χ4n) is 2.09. The van der Waals surface area contributed by atoms with Gasteiger partial charge in [-0.2, -0.15) is 13.2 Å². The van der Waals surface area contributed by atoms with Gasteiger partial charge in [0.05, 0.1) is 17.7 Å². The van der Waals surface area contributed by atoms with Gasteiger partial charge in [-0.15, -0.1) is 0 Å². The predicted octanol–water partition coefficient (Wildman–Crippen LogP) is 3.07. The number of imidazole rings is 1. The van der Waals surface area contributed by atoms with Crippen LogP contribution in [0.15, 0.2) is 42.9 Å². The average Bonchev–Trinajstić information content (AvgIpc) is 2.87. The lowest BCUT2D eigenvalue weighted by molar-refractivity contribution is -0.137. The summed E-state index contributed by atoms with van der Waals surface area (Å²) < 4.78 is 51.8. The van der Waals surface area contributed by atoms with Crippen LogP contribution < -0.4 is 5.32 Å². The van der Waals surface area contributed by atoms with E-state index in [-0.39, 0.29) is 12.2 Å². The van der Waals surface area contributed by atoms with Gasteiger partial charge in [-0.1, -0.05) is 0 Å². The normalized spacial score (nSPS) is 11.7. The number of carbonyl (C=O) groups is 1. The van der Waals surface area contributed by atoms with E-state index in [0.29, 0.717) is 17.5 Å². The third kappa shape index (κ3) is 3.50. The van der Waals surface area contributed by atoms with Crippen LogP contribution in [0, 0.1) is 5.82 Å². The van der Waals surface area contributed by atoms with Crippen molar-refractivity contribution in [2.45, 2.75) is 12.6 Å². The van der Waals surface area contributed by atoms with E-state index in [4.69, 9.17) is 0 Å². The number of halogens is 4. The summed E-state index contributed by atoms with van der Waals surface area (Å²) in [5.74, 6) is -0.932. The summed E-state index contributed by atoms with van der Waals surface area (Å²) >= 11 is 0. The first-order chi connectivity index (χ1) is 11.3. The summed E-state index contributed by atoms with van der Waals surface area (Å²) in [7, 11) is 0. The second kappa shape index (κ2) is 5.91. The quantitative estimate of drug-likeness (QED) is 0.747. The highest BCUT2D eigenvalue weighted by Crippen LogP contribution is 2.28. The van der Waals surface area contributed by atoms with E-state index in [2.05, 4.69) is 15.3 Å². The number of nitrogens with zero attached hydrogens (tertiary/aromatic N) is 3. The monoisotopic (exact) mass is 338 g/mol. The number of pyridine rings is 2. The molecule has 1 amide bonds. The molecule has 0 aromatic carbocycles. The largest absolute Gasteiger partial charge is 0.417 e. The second-order valence-electron chi connectivity index (χ2n) is 5.00. The smallest absolute Gasteiger partial charge is 0.310 e. The third-order valence-corrected chi connectivity index (χ3v) is 3.16. The molecule has 3 aromatic heterocycles. The average molecular weight is 338 g/mol. The molecule has 0 aliphatic heterocycles. The lowest BCUT2D eigenvalue weighted by Crippen LogP contribution is -2.16. The number of amides is 1. The van der Waals surface area contributed by atoms with Crippen molar-refractivity contribution in [2.24, 2.45) is 0 Å². The predicted molar refractivity (Wildman–Crippen MR) is 76.7 cm³/mol. The molecular weight excluding hydrogens is 328 g/mol. The van der Waals surface area contributed by atoms with Gasteiger partial charge in [0.15, 0.2) is 0 Å². The highest BCUT2D eigenvalue weighted by molar-refractivity contribution is 5.91. The van der Waals surface area contributed by atoms with Gasteiger partial charge in [0.2, 0.25) is 5.91 Å². The number of alkyl halides is 3. The zero-order valence-electron chi connectivity index (χ0n) is 12.0. The summed E-state index contributed by atoms with van der Waals surface area (Å²) in [5, 5.41) is 2.38. The van der Waals surface area contributed by atoms with Gasteiger partial charge in [0.25, 0.3) is 0 Å². The van der Waals surface area contributed by atoms with Crippen molar-refractivity contribution in [3.63, 3.8) is 0 Å². The standard InChI is InChI=1S/C15H10F4N4O/c16-10-2-4-13-21-11(8-23(13)7-10)5-14(24)22-12-3-1-9(6-20-12)15(17,18)19/h1-4,6-8H,5H2,(H,20,22,24). The molecule has 24 heavy (non-hydrogen) atoms. The molecule has 0 bridgehead atoms. The number of fused-ring (bicyclic) bond motifs is 1. The number of nitrogens with one attached hydrogen (secondary N) is 1. The minimum atomic E-state index is -4.48. The van der Waals surface area contributed by atoms with E-state index in [1.165, 1.54) is 28.9 Å². The first kappa shape index (κ1) is 15.9. The van der Waals surface area contributed by atoms with Crippen LogP contribution >= 0.6 is 0 Å². The van der Waals surface area contributed by atoms with Crippen molar-refractivity contribution >= 4 is 17.4 Å². The fraction of sp³-hybridized carbons (Fsp3) is 0.133. The highest BCUT2D eigenvalue weighted by Gasteiger charge is 2.30. The van der Waals surface area contributed by atoms with Crippen molar-refractivity contribution in [3.05, 3.63) is 59.9 Å². The Balaban J connectivity index is 1.68. The molecule has 0 spiro atoms. The van der Waals surface area contributed by atoms with Crippen molar-refractivity contribution in [2.75, 3.05) is 5.32 Å². The molecule has 0 radical (unpaired) electrons. The molecule has 5 nitrogen and oxygen atoms in total. The molecule has 0 atom stereocenters. The lowest BCUT2D eigenvalue weighted by Gasteiger charge is -2.07. The number of aromatic nitrogens is 3. The molecule has 1 N–H and O–H groups in total. The molecule has 9 heteroatoms. The lowest BCUT2D eigenvalue weighted by atomic mass is 10.2. The molecule has 0 unspecified atom stereocenters. The van der Waals surface area contributed by atoms with Gasteiger partial charge >= 0.3 is 6.18 Å². The fourth-order valence-corrected chi connectivity index (χ4v) is 2.09. The van der Waals surface area contributed by atoms with Gasteiger partial charge in [-0.25, -0.2) is 14.4 Å². The van der Waals surface area contributed by atoms with E-state index in [1.807, 2.05) is 0 Å². The Morgan fingerprint density at radius 1 is 1.17 bits per heavy atom. The van der Waals surface area contributed by atoms with E-state index >= 15 is 0 Å². The van der Waals surface area contributed by atoms with E-state index in [1.54, 1.807) is 0 Å². The van der Waals surface area contributed by atoms with Gasteiger partial charge in [-0.3, -0.25) is 4.79 Å². The molecular formula is C15H10F4N4O. The highest BCUT2D eigenvalue weighted by atomic mass is 19.4. The Morgan fingerprint density at radius 3 is 2.62 bits per heavy atom. The Hall–Kier alpha value is -2.97. The minimum Gasteiger partial charge on any atom is -0.310 e. The molecule has 3 rings (SSSR count). The number of carbonyl (C=O) groups excluding carboxylic acids is 1. The second-order valence-corrected chi connectivity index (χ2v) is 5.00. The SMILES string of the molecule is O=C(Cc1cn2cc(F)ccc2n1)Nc1ccc(C(F)(F)F)cn1.